The molecule has 0 bridgehead atoms. The lowest BCUT2D eigenvalue weighted by Gasteiger charge is -2.21. The Hall–Kier alpha value is -3.55. The van der Waals surface area contributed by atoms with Crippen LogP contribution in [0.5, 0.6) is 11.5 Å². The Kier molecular flexibility index (Phi) is 4.84. The fraction of sp³-hybridized carbons (Fsp3) is 0.286. The first-order valence-corrected chi connectivity index (χ1v) is 9.45. The van der Waals surface area contributed by atoms with Crippen molar-refractivity contribution >= 4 is 16.9 Å². The summed E-state index contributed by atoms with van der Waals surface area (Å²) in [6.07, 6.45) is 0. The van der Waals surface area contributed by atoms with E-state index in [-0.39, 0.29) is 11.9 Å². The highest BCUT2D eigenvalue weighted by Gasteiger charge is 2.17. The maximum atomic E-state index is 12.7. The van der Waals surface area contributed by atoms with Gasteiger partial charge < -0.3 is 24.3 Å². The average molecular weight is 395 g/mol. The first-order chi connectivity index (χ1) is 14.0. The normalized spacial score (nSPS) is 13.9. The molecule has 1 atom stereocenters. The van der Waals surface area contributed by atoms with Crippen LogP contribution in [0.15, 0.2) is 46.0 Å². The Morgan fingerprint density at radius 2 is 1.90 bits per heavy atom. The van der Waals surface area contributed by atoms with Crippen molar-refractivity contribution in [1.82, 2.24) is 14.9 Å². The summed E-state index contributed by atoms with van der Waals surface area (Å²) in [7, 11) is 0. The maximum Gasteiger partial charge on any atom is 0.316 e. The molecule has 1 aromatic heterocycles. The molecule has 0 aliphatic carbocycles. The number of H-pyrrole nitrogens is 1. The number of benzene rings is 2. The van der Waals surface area contributed by atoms with Crippen molar-refractivity contribution < 1.29 is 14.3 Å². The Balaban J connectivity index is 1.59. The van der Waals surface area contributed by atoms with Crippen molar-refractivity contribution in [3.05, 3.63) is 68.2 Å². The molecule has 1 aliphatic heterocycles. The van der Waals surface area contributed by atoms with Crippen LogP contribution in [0, 0.1) is 0 Å². The number of aromatic amines is 1. The Morgan fingerprint density at radius 3 is 2.66 bits per heavy atom. The molecule has 0 fully saturated rings. The standard InChI is InChI=1S/C21H21N3O5/c1-3-24-16-6-4-14(10-15(16)23-20(26)21(24)27)19(25)22-12(2)13-5-7-17-18(11-13)29-9-8-28-17/h4-7,10-12H,3,8-9H2,1-2H3,(H,22,25)(H,23,26)/t12-/m0/s1. The van der Waals surface area contributed by atoms with Crippen LogP contribution in [-0.4, -0.2) is 28.7 Å². The van der Waals surface area contributed by atoms with Crippen molar-refractivity contribution in [3.8, 4) is 11.5 Å². The summed E-state index contributed by atoms with van der Waals surface area (Å²) in [6, 6.07) is 10.2. The van der Waals surface area contributed by atoms with E-state index in [2.05, 4.69) is 10.3 Å². The van der Waals surface area contributed by atoms with E-state index in [1.165, 1.54) is 4.57 Å². The third kappa shape index (κ3) is 3.49. The number of amides is 1. The molecular formula is C21H21N3O5. The lowest BCUT2D eigenvalue weighted by atomic mass is 10.1. The molecule has 8 nitrogen and oxygen atoms in total. The fourth-order valence-electron chi connectivity index (χ4n) is 3.43. The van der Waals surface area contributed by atoms with Gasteiger partial charge in [0.2, 0.25) is 0 Å². The molecular weight excluding hydrogens is 374 g/mol. The second-order valence-electron chi connectivity index (χ2n) is 6.83. The van der Waals surface area contributed by atoms with Crippen LogP contribution in [0.4, 0.5) is 0 Å². The van der Waals surface area contributed by atoms with E-state index in [4.69, 9.17) is 9.47 Å². The number of aromatic nitrogens is 2. The van der Waals surface area contributed by atoms with Gasteiger partial charge in [-0.1, -0.05) is 6.07 Å². The minimum absolute atomic E-state index is 0.266. The molecule has 8 heteroatoms. The first kappa shape index (κ1) is 18.8. The van der Waals surface area contributed by atoms with E-state index in [1.807, 2.05) is 25.1 Å². The van der Waals surface area contributed by atoms with E-state index in [9.17, 15) is 14.4 Å². The predicted molar refractivity (Wildman–Crippen MR) is 108 cm³/mol. The molecule has 0 spiro atoms. The van der Waals surface area contributed by atoms with Gasteiger partial charge in [0, 0.05) is 12.1 Å². The second-order valence-corrected chi connectivity index (χ2v) is 6.83. The van der Waals surface area contributed by atoms with Crippen LogP contribution in [-0.2, 0) is 6.54 Å². The lowest BCUT2D eigenvalue weighted by Crippen LogP contribution is -2.36. The topological polar surface area (TPSA) is 102 Å². The molecule has 0 radical (unpaired) electrons. The van der Waals surface area contributed by atoms with Gasteiger partial charge in [0.05, 0.1) is 17.1 Å². The molecule has 1 amide bonds. The average Bonchev–Trinajstić information content (AvgIpc) is 2.74. The molecule has 3 aromatic rings. The number of carbonyl (C=O) groups excluding carboxylic acids is 1. The Morgan fingerprint density at radius 1 is 1.14 bits per heavy atom. The van der Waals surface area contributed by atoms with Crippen molar-refractivity contribution in [3.63, 3.8) is 0 Å². The fourth-order valence-corrected chi connectivity index (χ4v) is 3.43. The van der Waals surface area contributed by atoms with E-state index in [0.29, 0.717) is 47.9 Å². The molecule has 0 unspecified atom stereocenters. The van der Waals surface area contributed by atoms with E-state index < -0.39 is 11.1 Å². The SMILES string of the molecule is CCn1c(=O)c(=O)[nH]c2cc(C(=O)N[C@@H](C)c3ccc4c(c3)OCCO4)ccc21. The Bertz CT molecular complexity index is 1210. The molecule has 0 saturated heterocycles. The van der Waals surface area contributed by atoms with Gasteiger partial charge in [0.25, 0.3) is 5.91 Å². The van der Waals surface area contributed by atoms with Crippen molar-refractivity contribution in [1.29, 1.82) is 0 Å². The molecule has 29 heavy (non-hydrogen) atoms. The molecule has 2 N–H and O–H groups in total. The van der Waals surface area contributed by atoms with Crippen LogP contribution in [0.3, 0.4) is 0 Å². The summed E-state index contributed by atoms with van der Waals surface area (Å²) in [6.45, 7) is 5.05. The van der Waals surface area contributed by atoms with Gasteiger partial charge in [-0.15, -0.1) is 0 Å². The van der Waals surface area contributed by atoms with Gasteiger partial charge in [0.15, 0.2) is 11.5 Å². The zero-order valence-electron chi connectivity index (χ0n) is 16.2. The van der Waals surface area contributed by atoms with E-state index >= 15 is 0 Å². The zero-order chi connectivity index (χ0) is 20.5. The van der Waals surface area contributed by atoms with Crippen molar-refractivity contribution in [2.75, 3.05) is 13.2 Å². The number of nitrogens with zero attached hydrogens (tertiary/aromatic N) is 1. The second kappa shape index (κ2) is 7.46. The van der Waals surface area contributed by atoms with Crippen molar-refractivity contribution in [2.45, 2.75) is 26.4 Å². The maximum absolute atomic E-state index is 12.7. The van der Waals surface area contributed by atoms with Crippen LogP contribution in [0.1, 0.15) is 35.8 Å². The number of fused-ring (bicyclic) bond motifs is 2. The quantitative estimate of drug-likeness (QED) is 0.658. The summed E-state index contributed by atoms with van der Waals surface area (Å²) in [5, 5.41) is 2.94. The number of nitrogens with one attached hydrogen (secondary N) is 2. The number of hydrogen-bond donors (Lipinski definition) is 2. The Labute approximate surface area is 166 Å². The predicted octanol–water partition coefficient (Wildman–Crippen LogP) is 1.97. The molecule has 1 aliphatic rings. The third-order valence-corrected chi connectivity index (χ3v) is 4.97. The van der Waals surface area contributed by atoms with Crippen molar-refractivity contribution in [2.24, 2.45) is 0 Å². The first-order valence-electron chi connectivity index (χ1n) is 9.45. The summed E-state index contributed by atoms with van der Waals surface area (Å²) in [5.41, 5.74) is 0.978. The minimum atomic E-state index is -0.707. The third-order valence-electron chi connectivity index (χ3n) is 4.97. The molecule has 2 aromatic carbocycles. The minimum Gasteiger partial charge on any atom is -0.486 e. The van der Waals surface area contributed by atoms with E-state index in [0.717, 1.165) is 5.56 Å². The molecule has 0 saturated carbocycles. The number of hydrogen-bond acceptors (Lipinski definition) is 5. The number of aryl methyl sites for hydroxylation is 1. The molecule has 2 heterocycles. The van der Waals surface area contributed by atoms with Gasteiger partial charge in [-0.05, 0) is 49.7 Å². The molecule has 4 rings (SSSR count). The number of rotatable bonds is 4. The number of ether oxygens (including phenoxy) is 2. The highest BCUT2D eigenvalue weighted by Crippen LogP contribution is 2.32. The summed E-state index contributed by atoms with van der Waals surface area (Å²) < 4.78 is 12.5. The van der Waals surface area contributed by atoms with Gasteiger partial charge in [-0.2, -0.15) is 0 Å². The number of carbonyl (C=O) groups is 1. The van der Waals surface area contributed by atoms with Gasteiger partial charge in [-0.3, -0.25) is 14.4 Å². The van der Waals surface area contributed by atoms with Crippen LogP contribution in [0.2, 0.25) is 0 Å². The summed E-state index contributed by atoms with van der Waals surface area (Å²) in [4.78, 5) is 39.1. The largest absolute Gasteiger partial charge is 0.486 e. The van der Waals surface area contributed by atoms with Gasteiger partial charge >= 0.3 is 11.1 Å². The smallest absolute Gasteiger partial charge is 0.316 e. The lowest BCUT2D eigenvalue weighted by molar-refractivity contribution is 0.0940. The zero-order valence-corrected chi connectivity index (χ0v) is 16.2. The van der Waals surface area contributed by atoms with Crippen LogP contribution >= 0.6 is 0 Å². The molecule has 150 valence electrons. The highest BCUT2D eigenvalue weighted by molar-refractivity contribution is 5.97. The van der Waals surface area contributed by atoms with Crippen LogP contribution in [0.25, 0.3) is 11.0 Å². The summed E-state index contributed by atoms with van der Waals surface area (Å²) >= 11 is 0. The van der Waals surface area contributed by atoms with E-state index in [1.54, 1.807) is 25.1 Å². The van der Waals surface area contributed by atoms with Gasteiger partial charge in [0.1, 0.15) is 13.2 Å². The van der Waals surface area contributed by atoms with Gasteiger partial charge in [-0.25, -0.2) is 0 Å². The highest BCUT2D eigenvalue weighted by atomic mass is 16.6. The summed E-state index contributed by atoms with van der Waals surface area (Å²) in [5.74, 6) is 1.07. The van der Waals surface area contributed by atoms with Crippen LogP contribution < -0.4 is 25.9 Å². The monoisotopic (exact) mass is 395 g/mol.